The second kappa shape index (κ2) is 5.87. The molecule has 98 valence electrons. The predicted molar refractivity (Wildman–Crippen MR) is 71.6 cm³/mol. The summed E-state index contributed by atoms with van der Waals surface area (Å²) in [6.07, 6.45) is 0. The van der Waals surface area contributed by atoms with Crippen LogP contribution in [0.5, 0.6) is 0 Å². The van der Waals surface area contributed by atoms with E-state index in [1.54, 1.807) is 0 Å². The van der Waals surface area contributed by atoms with E-state index >= 15 is 0 Å². The van der Waals surface area contributed by atoms with Crippen LogP contribution in [0.3, 0.4) is 0 Å². The number of nitrogens with zero attached hydrogens (tertiary/aromatic N) is 1. The van der Waals surface area contributed by atoms with E-state index in [-0.39, 0.29) is 5.97 Å². The molecule has 0 aliphatic carbocycles. The SMILES string of the molecule is CCOC(=O)CN1CC(C)NCc2ccccc21. The van der Waals surface area contributed by atoms with E-state index < -0.39 is 0 Å². The Morgan fingerprint density at radius 3 is 3.06 bits per heavy atom. The molecule has 1 atom stereocenters. The van der Waals surface area contributed by atoms with E-state index in [0.29, 0.717) is 19.2 Å². The molecule has 0 saturated heterocycles. The fourth-order valence-electron chi connectivity index (χ4n) is 2.26. The average Bonchev–Trinajstić information content (AvgIpc) is 2.50. The highest BCUT2D eigenvalue weighted by Gasteiger charge is 2.20. The number of rotatable bonds is 3. The van der Waals surface area contributed by atoms with Crippen LogP contribution in [0.1, 0.15) is 19.4 Å². The molecule has 2 rings (SSSR count). The summed E-state index contributed by atoms with van der Waals surface area (Å²) >= 11 is 0. The minimum Gasteiger partial charge on any atom is -0.465 e. The van der Waals surface area contributed by atoms with Crippen LogP contribution in [-0.4, -0.2) is 31.7 Å². The first-order valence-electron chi connectivity index (χ1n) is 6.42. The van der Waals surface area contributed by atoms with Crippen molar-refractivity contribution in [3.8, 4) is 0 Å². The maximum atomic E-state index is 11.7. The molecular formula is C14H20N2O2. The standard InChI is InChI=1S/C14H20N2O2/c1-3-18-14(17)10-16-9-11(2)15-8-12-6-4-5-7-13(12)16/h4-7,11,15H,3,8-10H2,1-2H3. The lowest BCUT2D eigenvalue weighted by molar-refractivity contribution is -0.141. The zero-order valence-corrected chi connectivity index (χ0v) is 11.0. The molecule has 1 unspecified atom stereocenters. The first-order chi connectivity index (χ1) is 8.70. The molecule has 0 aromatic heterocycles. The van der Waals surface area contributed by atoms with Gasteiger partial charge in [0.2, 0.25) is 0 Å². The third-order valence-electron chi connectivity index (χ3n) is 3.09. The number of anilines is 1. The number of fused-ring (bicyclic) bond motifs is 1. The Morgan fingerprint density at radius 2 is 2.28 bits per heavy atom. The van der Waals surface area contributed by atoms with Crippen LogP contribution in [-0.2, 0) is 16.1 Å². The van der Waals surface area contributed by atoms with Gasteiger partial charge in [-0.1, -0.05) is 18.2 Å². The normalized spacial score (nSPS) is 19.0. The van der Waals surface area contributed by atoms with Crippen molar-refractivity contribution < 1.29 is 9.53 Å². The molecule has 1 aromatic rings. The van der Waals surface area contributed by atoms with Crippen LogP contribution < -0.4 is 10.2 Å². The Balaban J connectivity index is 2.18. The van der Waals surface area contributed by atoms with Gasteiger partial charge in [-0.15, -0.1) is 0 Å². The van der Waals surface area contributed by atoms with Crippen LogP contribution in [0.2, 0.25) is 0 Å². The molecule has 1 aliphatic rings. The number of esters is 1. The summed E-state index contributed by atoms with van der Waals surface area (Å²) in [6, 6.07) is 8.55. The number of hydrogen-bond acceptors (Lipinski definition) is 4. The number of nitrogens with one attached hydrogen (secondary N) is 1. The molecule has 4 heteroatoms. The van der Waals surface area contributed by atoms with Gasteiger partial charge in [0.1, 0.15) is 6.54 Å². The molecule has 0 amide bonds. The van der Waals surface area contributed by atoms with Crippen molar-refractivity contribution in [1.29, 1.82) is 0 Å². The smallest absolute Gasteiger partial charge is 0.325 e. The van der Waals surface area contributed by atoms with Gasteiger partial charge >= 0.3 is 5.97 Å². The molecule has 0 saturated carbocycles. The summed E-state index contributed by atoms with van der Waals surface area (Å²) in [6.45, 7) is 6.37. The lowest BCUT2D eigenvalue weighted by Crippen LogP contribution is -2.39. The topological polar surface area (TPSA) is 41.6 Å². The first-order valence-corrected chi connectivity index (χ1v) is 6.42. The van der Waals surface area contributed by atoms with Crippen molar-refractivity contribution in [2.75, 3.05) is 24.6 Å². The van der Waals surface area contributed by atoms with Crippen LogP contribution in [0.15, 0.2) is 24.3 Å². The summed E-state index contributed by atoms with van der Waals surface area (Å²) < 4.78 is 5.03. The predicted octanol–water partition coefficient (Wildman–Crippen LogP) is 1.55. The minimum atomic E-state index is -0.165. The Morgan fingerprint density at radius 1 is 1.50 bits per heavy atom. The van der Waals surface area contributed by atoms with Crippen molar-refractivity contribution in [3.05, 3.63) is 29.8 Å². The van der Waals surface area contributed by atoms with Gasteiger partial charge in [-0.25, -0.2) is 0 Å². The Kier molecular flexibility index (Phi) is 4.20. The zero-order valence-electron chi connectivity index (χ0n) is 11.0. The number of carbonyl (C=O) groups is 1. The van der Waals surface area contributed by atoms with E-state index in [4.69, 9.17) is 4.74 Å². The summed E-state index contributed by atoms with van der Waals surface area (Å²) in [4.78, 5) is 13.8. The second-order valence-corrected chi connectivity index (χ2v) is 4.60. The fourth-order valence-corrected chi connectivity index (χ4v) is 2.26. The van der Waals surface area contributed by atoms with Crippen LogP contribution in [0.25, 0.3) is 0 Å². The van der Waals surface area contributed by atoms with E-state index in [0.717, 1.165) is 18.8 Å². The van der Waals surface area contributed by atoms with Gasteiger partial charge < -0.3 is 15.0 Å². The molecule has 1 aliphatic heterocycles. The monoisotopic (exact) mass is 248 g/mol. The molecule has 0 fully saturated rings. The Bertz CT molecular complexity index is 420. The molecular weight excluding hydrogens is 228 g/mol. The lowest BCUT2D eigenvalue weighted by Gasteiger charge is -2.25. The maximum Gasteiger partial charge on any atom is 0.325 e. The van der Waals surface area contributed by atoms with Gasteiger partial charge in [0.25, 0.3) is 0 Å². The van der Waals surface area contributed by atoms with E-state index in [9.17, 15) is 4.79 Å². The highest BCUT2D eigenvalue weighted by Crippen LogP contribution is 2.23. The van der Waals surface area contributed by atoms with E-state index in [1.807, 2.05) is 19.1 Å². The summed E-state index contributed by atoms with van der Waals surface area (Å²) in [5.41, 5.74) is 2.36. The number of benzene rings is 1. The lowest BCUT2D eigenvalue weighted by atomic mass is 10.1. The first kappa shape index (κ1) is 12.9. The van der Waals surface area contributed by atoms with Crippen LogP contribution >= 0.6 is 0 Å². The number of hydrogen-bond donors (Lipinski definition) is 1. The molecule has 0 radical (unpaired) electrons. The highest BCUT2D eigenvalue weighted by molar-refractivity contribution is 5.76. The molecule has 4 nitrogen and oxygen atoms in total. The van der Waals surface area contributed by atoms with Crippen molar-refractivity contribution in [2.45, 2.75) is 26.4 Å². The van der Waals surface area contributed by atoms with Gasteiger partial charge in [-0.2, -0.15) is 0 Å². The largest absolute Gasteiger partial charge is 0.465 e. The molecule has 0 bridgehead atoms. The van der Waals surface area contributed by atoms with Crippen molar-refractivity contribution in [2.24, 2.45) is 0 Å². The fraction of sp³-hybridized carbons (Fsp3) is 0.500. The summed E-state index contributed by atoms with van der Waals surface area (Å²) in [7, 11) is 0. The molecule has 1 heterocycles. The van der Waals surface area contributed by atoms with Crippen molar-refractivity contribution in [3.63, 3.8) is 0 Å². The third-order valence-corrected chi connectivity index (χ3v) is 3.09. The number of carbonyl (C=O) groups excluding carboxylic acids is 1. The summed E-state index contributed by atoms with van der Waals surface area (Å²) in [5.74, 6) is -0.165. The van der Waals surface area contributed by atoms with Crippen LogP contribution in [0, 0.1) is 0 Å². The van der Waals surface area contributed by atoms with Gasteiger partial charge in [0.15, 0.2) is 0 Å². The second-order valence-electron chi connectivity index (χ2n) is 4.60. The molecule has 0 spiro atoms. The number of para-hydroxylation sites is 1. The Labute approximate surface area is 108 Å². The molecule has 18 heavy (non-hydrogen) atoms. The quantitative estimate of drug-likeness (QED) is 0.824. The summed E-state index contributed by atoms with van der Waals surface area (Å²) in [5, 5.41) is 3.44. The van der Waals surface area contributed by atoms with Gasteiger partial charge in [0, 0.05) is 24.8 Å². The van der Waals surface area contributed by atoms with Gasteiger partial charge in [-0.3, -0.25) is 4.79 Å². The van der Waals surface area contributed by atoms with E-state index in [2.05, 4.69) is 29.3 Å². The van der Waals surface area contributed by atoms with Gasteiger partial charge in [-0.05, 0) is 25.5 Å². The Hall–Kier alpha value is -1.55. The minimum absolute atomic E-state index is 0.165. The average molecular weight is 248 g/mol. The highest BCUT2D eigenvalue weighted by atomic mass is 16.5. The molecule has 1 N–H and O–H groups in total. The third kappa shape index (κ3) is 3.01. The molecule has 1 aromatic carbocycles. The van der Waals surface area contributed by atoms with Gasteiger partial charge in [0.05, 0.1) is 6.61 Å². The number of ether oxygens (including phenoxy) is 1. The maximum absolute atomic E-state index is 11.7. The van der Waals surface area contributed by atoms with Crippen molar-refractivity contribution in [1.82, 2.24) is 5.32 Å². The van der Waals surface area contributed by atoms with Crippen LogP contribution in [0.4, 0.5) is 5.69 Å². The van der Waals surface area contributed by atoms with E-state index in [1.165, 1.54) is 5.56 Å². The zero-order chi connectivity index (χ0) is 13.0. The van der Waals surface area contributed by atoms with Crippen molar-refractivity contribution >= 4 is 11.7 Å².